The highest BCUT2D eigenvalue weighted by atomic mass is 16.5. The second-order valence-electron chi connectivity index (χ2n) is 4.77. The summed E-state index contributed by atoms with van der Waals surface area (Å²) in [6.07, 6.45) is 5.18. The van der Waals surface area contributed by atoms with Gasteiger partial charge in [-0.2, -0.15) is 0 Å². The minimum atomic E-state index is 0.486. The molecule has 0 bridgehead atoms. The van der Waals surface area contributed by atoms with Gasteiger partial charge in [-0.1, -0.05) is 6.07 Å². The molecule has 2 aromatic heterocycles. The normalized spacial score (nSPS) is 10.3. The van der Waals surface area contributed by atoms with Crippen molar-refractivity contribution >= 4 is 17.3 Å². The zero-order chi connectivity index (χ0) is 15.4. The number of anilines is 3. The lowest BCUT2D eigenvalue weighted by atomic mass is 10.2. The Bertz CT molecular complexity index is 776. The summed E-state index contributed by atoms with van der Waals surface area (Å²) in [4.78, 5) is 12.8. The van der Waals surface area contributed by atoms with Crippen molar-refractivity contribution in [3.63, 3.8) is 0 Å². The third kappa shape index (κ3) is 3.02. The summed E-state index contributed by atoms with van der Waals surface area (Å²) in [7, 11) is 0. The van der Waals surface area contributed by atoms with Crippen LogP contribution < -0.4 is 10.8 Å². The van der Waals surface area contributed by atoms with Crippen molar-refractivity contribution in [1.29, 1.82) is 0 Å². The topological polar surface area (TPSA) is 83.0 Å². The maximum absolute atomic E-state index is 9.00. The predicted molar refractivity (Wildman–Crippen MR) is 85.1 cm³/mol. The van der Waals surface area contributed by atoms with Gasteiger partial charge in [0, 0.05) is 29.8 Å². The van der Waals surface area contributed by atoms with Gasteiger partial charge < -0.3 is 5.32 Å². The Balaban J connectivity index is 1.90. The van der Waals surface area contributed by atoms with E-state index in [1.807, 2.05) is 31.2 Å². The molecule has 3 rings (SSSR count). The maximum Gasteiger partial charge on any atom is 0.227 e. The summed E-state index contributed by atoms with van der Waals surface area (Å²) in [5.41, 5.74) is 6.28. The van der Waals surface area contributed by atoms with Crippen molar-refractivity contribution in [2.75, 3.05) is 10.8 Å². The van der Waals surface area contributed by atoms with Crippen LogP contribution in [0.15, 0.2) is 55.0 Å². The summed E-state index contributed by atoms with van der Waals surface area (Å²) < 4.78 is 0. The fourth-order valence-corrected chi connectivity index (χ4v) is 2.04. The van der Waals surface area contributed by atoms with Crippen LogP contribution in [0.4, 0.5) is 17.3 Å². The first kappa shape index (κ1) is 14.0. The van der Waals surface area contributed by atoms with Crippen LogP contribution in [-0.2, 0) is 0 Å². The van der Waals surface area contributed by atoms with Gasteiger partial charge in [0.25, 0.3) is 0 Å². The largest absolute Gasteiger partial charge is 0.324 e. The number of pyridine rings is 1. The molecule has 2 heterocycles. The van der Waals surface area contributed by atoms with Crippen molar-refractivity contribution < 1.29 is 5.21 Å². The van der Waals surface area contributed by atoms with Gasteiger partial charge in [0.1, 0.15) is 0 Å². The van der Waals surface area contributed by atoms with E-state index >= 15 is 0 Å². The minimum Gasteiger partial charge on any atom is -0.324 e. The summed E-state index contributed by atoms with van der Waals surface area (Å²) in [5, 5.41) is 12.2. The molecule has 0 spiro atoms. The molecular weight excluding hydrogens is 278 g/mol. The third-order valence-electron chi connectivity index (χ3n) is 3.23. The van der Waals surface area contributed by atoms with Crippen molar-refractivity contribution in [3.8, 4) is 11.3 Å². The number of nitrogens with zero attached hydrogens (tertiary/aromatic N) is 3. The van der Waals surface area contributed by atoms with Crippen LogP contribution in [0.25, 0.3) is 11.3 Å². The fourth-order valence-electron chi connectivity index (χ4n) is 2.04. The molecule has 6 nitrogen and oxygen atoms in total. The van der Waals surface area contributed by atoms with Crippen molar-refractivity contribution in [2.24, 2.45) is 0 Å². The van der Waals surface area contributed by atoms with Gasteiger partial charge in [-0.15, -0.1) is 0 Å². The molecule has 110 valence electrons. The highest BCUT2D eigenvalue weighted by molar-refractivity contribution is 5.66. The van der Waals surface area contributed by atoms with E-state index in [0.717, 1.165) is 22.5 Å². The van der Waals surface area contributed by atoms with E-state index in [1.165, 1.54) is 0 Å². The molecule has 0 saturated carbocycles. The Labute approximate surface area is 127 Å². The molecule has 1 aromatic carbocycles. The average molecular weight is 293 g/mol. The van der Waals surface area contributed by atoms with E-state index in [1.54, 1.807) is 30.7 Å². The summed E-state index contributed by atoms with van der Waals surface area (Å²) >= 11 is 0. The number of nitrogens with one attached hydrogen (secondary N) is 2. The molecule has 0 aliphatic rings. The first-order valence-electron chi connectivity index (χ1n) is 6.77. The van der Waals surface area contributed by atoms with Gasteiger partial charge >= 0.3 is 0 Å². The molecule has 0 unspecified atom stereocenters. The SMILES string of the molecule is Cc1ccc(NO)cc1Nc1nccc(-c2cccnc2)n1. The van der Waals surface area contributed by atoms with E-state index in [9.17, 15) is 0 Å². The maximum atomic E-state index is 9.00. The second-order valence-corrected chi connectivity index (χ2v) is 4.77. The minimum absolute atomic E-state index is 0.486. The zero-order valence-corrected chi connectivity index (χ0v) is 12.0. The lowest BCUT2D eigenvalue weighted by Gasteiger charge is -2.10. The van der Waals surface area contributed by atoms with Gasteiger partial charge in [-0.05, 0) is 42.8 Å². The van der Waals surface area contributed by atoms with Crippen LogP contribution in [0.2, 0.25) is 0 Å². The molecule has 0 aliphatic carbocycles. The number of aromatic nitrogens is 3. The zero-order valence-electron chi connectivity index (χ0n) is 12.0. The van der Waals surface area contributed by atoms with E-state index in [-0.39, 0.29) is 0 Å². The third-order valence-corrected chi connectivity index (χ3v) is 3.23. The van der Waals surface area contributed by atoms with Gasteiger partial charge in [0.15, 0.2) is 0 Å². The van der Waals surface area contributed by atoms with Crippen LogP contribution in [0.1, 0.15) is 5.56 Å². The molecular formula is C16H15N5O. The van der Waals surface area contributed by atoms with Gasteiger partial charge in [-0.25, -0.2) is 9.97 Å². The molecule has 22 heavy (non-hydrogen) atoms. The molecule has 0 atom stereocenters. The molecule has 3 N–H and O–H groups in total. The Morgan fingerprint density at radius 2 is 2.00 bits per heavy atom. The van der Waals surface area contributed by atoms with E-state index in [0.29, 0.717) is 11.6 Å². The van der Waals surface area contributed by atoms with Crippen LogP contribution >= 0.6 is 0 Å². The summed E-state index contributed by atoms with van der Waals surface area (Å²) in [6, 6.07) is 11.1. The molecule has 6 heteroatoms. The van der Waals surface area contributed by atoms with E-state index in [2.05, 4.69) is 25.7 Å². The van der Waals surface area contributed by atoms with E-state index in [4.69, 9.17) is 5.21 Å². The van der Waals surface area contributed by atoms with Gasteiger partial charge in [-0.3, -0.25) is 15.7 Å². The van der Waals surface area contributed by atoms with Gasteiger partial charge in [0.05, 0.1) is 11.4 Å². The fraction of sp³-hybridized carbons (Fsp3) is 0.0625. The first-order valence-corrected chi connectivity index (χ1v) is 6.77. The average Bonchev–Trinajstić information content (AvgIpc) is 2.58. The van der Waals surface area contributed by atoms with Crippen molar-refractivity contribution in [2.45, 2.75) is 6.92 Å². The lowest BCUT2D eigenvalue weighted by molar-refractivity contribution is 0.389. The highest BCUT2D eigenvalue weighted by Gasteiger charge is 2.05. The van der Waals surface area contributed by atoms with E-state index < -0.39 is 0 Å². The Kier molecular flexibility index (Phi) is 3.93. The number of hydrogen-bond acceptors (Lipinski definition) is 6. The van der Waals surface area contributed by atoms with Crippen LogP contribution in [0.3, 0.4) is 0 Å². The van der Waals surface area contributed by atoms with Crippen LogP contribution in [0.5, 0.6) is 0 Å². The first-order chi connectivity index (χ1) is 10.8. The number of aryl methyl sites for hydroxylation is 1. The van der Waals surface area contributed by atoms with Crippen molar-refractivity contribution in [1.82, 2.24) is 15.0 Å². The monoisotopic (exact) mass is 293 g/mol. The van der Waals surface area contributed by atoms with Gasteiger partial charge in [0.2, 0.25) is 5.95 Å². The quantitative estimate of drug-likeness (QED) is 0.640. The molecule has 0 fully saturated rings. The second kappa shape index (κ2) is 6.19. The Morgan fingerprint density at radius 3 is 2.77 bits per heavy atom. The van der Waals surface area contributed by atoms with Crippen LogP contribution in [0, 0.1) is 6.92 Å². The highest BCUT2D eigenvalue weighted by Crippen LogP contribution is 2.23. The molecule has 0 radical (unpaired) electrons. The molecule has 0 aliphatic heterocycles. The number of rotatable bonds is 4. The molecule has 0 saturated heterocycles. The molecule has 3 aromatic rings. The Morgan fingerprint density at radius 1 is 1.09 bits per heavy atom. The van der Waals surface area contributed by atoms with Crippen molar-refractivity contribution in [3.05, 3.63) is 60.6 Å². The summed E-state index contributed by atoms with van der Waals surface area (Å²) in [6.45, 7) is 1.97. The standard InChI is InChI=1S/C16H15N5O/c1-11-4-5-13(21-22)9-15(11)20-16-18-8-6-14(19-16)12-3-2-7-17-10-12/h2-10,21-22H,1H3,(H,18,19,20). The number of benzene rings is 1. The Hall–Kier alpha value is -2.99. The lowest BCUT2D eigenvalue weighted by Crippen LogP contribution is -2.00. The smallest absolute Gasteiger partial charge is 0.227 e. The molecule has 0 amide bonds. The van der Waals surface area contributed by atoms with Crippen LogP contribution in [-0.4, -0.2) is 20.2 Å². The summed E-state index contributed by atoms with van der Waals surface area (Å²) in [5.74, 6) is 0.486. The predicted octanol–water partition coefficient (Wildman–Crippen LogP) is 3.39. The number of hydrogen-bond donors (Lipinski definition) is 3.